The van der Waals surface area contributed by atoms with Gasteiger partial charge in [-0.15, -0.1) is 0 Å². The van der Waals surface area contributed by atoms with E-state index in [4.69, 9.17) is 0 Å². The van der Waals surface area contributed by atoms with Crippen molar-refractivity contribution in [2.75, 3.05) is 4.90 Å². The number of rotatable bonds is 7. The van der Waals surface area contributed by atoms with Gasteiger partial charge in [0.1, 0.15) is 0 Å². The van der Waals surface area contributed by atoms with Crippen LogP contribution in [0.4, 0.5) is 17.1 Å². The maximum atomic E-state index is 13.5. The van der Waals surface area contributed by atoms with Gasteiger partial charge in [-0.05, 0) is 131 Å². The van der Waals surface area contributed by atoms with Crippen LogP contribution < -0.4 is 15.8 Å². The number of pyridine rings is 2. The minimum absolute atomic E-state index is 0.0456. The van der Waals surface area contributed by atoms with Crippen LogP contribution in [0, 0.1) is 0 Å². The first kappa shape index (κ1) is 37.9. The molecule has 306 valence electrons. The Kier molecular flexibility index (Phi) is 9.06. The molecular weight excluding hydrogens is 795 g/mol. The third-order valence-corrected chi connectivity index (χ3v) is 12.7. The lowest BCUT2D eigenvalue weighted by Gasteiger charge is -2.27. The van der Waals surface area contributed by atoms with Crippen molar-refractivity contribution in [2.45, 2.75) is 0 Å². The molecule has 0 aliphatic rings. The smallest absolute Gasteiger partial charge is 0.197 e. The number of anilines is 3. The molecule has 65 heavy (non-hydrogen) atoms. The fraction of sp³-hybridized carbons (Fsp3) is 0. The third-order valence-electron chi connectivity index (χ3n) is 12.7. The number of hydrogen-bond acceptors (Lipinski definition) is 3. The molecule has 0 unspecified atom stereocenters. The van der Waals surface area contributed by atoms with Gasteiger partial charge < -0.3 is 14.0 Å². The molecule has 0 saturated heterocycles. The zero-order valence-electron chi connectivity index (χ0n) is 35.2. The summed E-state index contributed by atoms with van der Waals surface area (Å²) in [5.41, 5.74) is 13.1. The van der Waals surface area contributed by atoms with Crippen LogP contribution in [-0.4, -0.2) is 9.13 Å². The summed E-state index contributed by atoms with van der Waals surface area (Å²) in [6.07, 6.45) is 0. The summed E-state index contributed by atoms with van der Waals surface area (Å²) in [6, 6.07) is 81.1. The van der Waals surface area contributed by atoms with Crippen LogP contribution in [0.1, 0.15) is 0 Å². The Morgan fingerprint density at radius 3 is 1.08 bits per heavy atom. The van der Waals surface area contributed by atoms with E-state index in [1.807, 2.05) is 97.1 Å². The average Bonchev–Trinajstić information content (AvgIpc) is 3.37. The van der Waals surface area contributed by atoms with Crippen molar-refractivity contribution in [1.29, 1.82) is 0 Å². The molecule has 0 aliphatic heterocycles. The Balaban J connectivity index is 0.934. The van der Waals surface area contributed by atoms with E-state index < -0.39 is 0 Å². The van der Waals surface area contributed by atoms with Gasteiger partial charge in [-0.25, -0.2) is 0 Å². The van der Waals surface area contributed by atoms with Crippen molar-refractivity contribution < 1.29 is 0 Å². The van der Waals surface area contributed by atoms with Gasteiger partial charge in [0.2, 0.25) is 0 Å². The minimum Gasteiger partial charge on any atom is -0.310 e. The number of fused-ring (bicyclic) bond motifs is 5. The molecule has 0 N–H and O–H groups in total. The first-order valence-corrected chi connectivity index (χ1v) is 21.8. The Labute approximate surface area is 374 Å². The summed E-state index contributed by atoms with van der Waals surface area (Å²) in [4.78, 5) is 29.4. The van der Waals surface area contributed by atoms with Crippen LogP contribution in [0.15, 0.2) is 246 Å². The highest BCUT2D eigenvalue weighted by Crippen LogP contribution is 2.41. The van der Waals surface area contributed by atoms with Gasteiger partial charge in [0, 0.05) is 49.7 Å². The van der Waals surface area contributed by atoms with Crippen molar-refractivity contribution in [2.24, 2.45) is 0 Å². The second-order valence-corrected chi connectivity index (χ2v) is 16.4. The van der Waals surface area contributed by atoms with Crippen LogP contribution in [0.3, 0.4) is 0 Å². The molecule has 12 rings (SSSR count). The largest absolute Gasteiger partial charge is 0.310 e. The molecule has 12 aromatic rings. The summed E-state index contributed by atoms with van der Waals surface area (Å²) >= 11 is 0. The Morgan fingerprint density at radius 2 is 0.646 bits per heavy atom. The van der Waals surface area contributed by atoms with Gasteiger partial charge in [0.05, 0.1) is 27.8 Å². The summed E-state index contributed by atoms with van der Waals surface area (Å²) in [6.45, 7) is 0. The molecule has 5 heteroatoms. The maximum Gasteiger partial charge on any atom is 0.197 e. The van der Waals surface area contributed by atoms with Crippen LogP contribution in [0.5, 0.6) is 0 Å². The molecule has 2 aromatic heterocycles. The molecule has 10 aromatic carbocycles. The number of benzene rings is 10. The predicted molar refractivity (Wildman–Crippen MR) is 271 cm³/mol. The van der Waals surface area contributed by atoms with Crippen LogP contribution >= 0.6 is 0 Å². The van der Waals surface area contributed by atoms with E-state index >= 15 is 0 Å². The van der Waals surface area contributed by atoms with Crippen LogP contribution in [-0.2, 0) is 0 Å². The summed E-state index contributed by atoms with van der Waals surface area (Å²) in [5, 5.41) is 5.12. The fourth-order valence-electron chi connectivity index (χ4n) is 9.63. The lowest BCUT2D eigenvalue weighted by Crippen LogP contribution is -2.10. The zero-order valence-corrected chi connectivity index (χ0v) is 35.2. The van der Waals surface area contributed by atoms with Gasteiger partial charge >= 0.3 is 0 Å². The second-order valence-electron chi connectivity index (χ2n) is 16.4. The number of nitrogens with zero attached hydrogens (tertiary/aromatic N) is 3. The molecule has 0 spiro atoms. The van der Waals surface area contributed by atoms with E-state index in [0.717, 1.165) is 78.1 Å². The maximum absolute atomic E-state index is 13.5. The lowest BCUT2D eigenvalue weighted by atomic mass is 10.0. The van der Waals surface area contributed by atoms with E-state index in [-0.39, 0.29) is 10.9 Å². The summed E-state index contributed by atoms with van der Waals surface area (Å²) in [5.74, 6) is 0. The normalized spacial score (nSPS) is 11.5. The first-order valence-electron chi connectivity index (χ1n) is 21.8. The number of hydrogen-bond donors (Lipinski definition) is 0. The van der Waals surface area contributed by atoms with Crippen molar-refractivity contribution in [1.82, 2.24) is 9.13 Å². The van der Waals surface area contributed by atoms with E-state index in [1.54, 1.807) is 0 Å². The van der Waals surface area contributed by atoms with E-state index in [1.165, 1.54) is 5.39 Å². The molecule has 0 aliphatic carbocycles. The molecule has 2 heterocycles. The van der Waals surface area contributed by atoms with Crippen molar-refractivity contribution in [3.8, 4) is 33.6 Å². The van der Waals surface area contributed by atoms with E-state index in [2.05, 4.69) is 154 Å². The molecule has 0 bridgehead atoms. The fourth-order valence-corrected chi connectivity index (χ4v) is 9.63. The van der Waals surface area contributed by atoms with Crippen LogP contribution in [0.2, 0.25) is 0 Å². The minimum atomic E-state index is 0.0456. The first-order chi connectivity index (χ1) is 32.1. The van der Waals surface area contributed by atoms with Gasteiger partial charge in [-0.1, -0.05) is 133 Å². The van der Waals surface area contributed by atoms with Crippen molar-refractivity contribution in [3.63, 3.8) is 0 Å². The van der Waals surface area contributed by atoms with Gasteiger partial charge in [0.25, 0.3) is 0 Å². The molecule has 5 nitrogen and oxygen atoms in total. The molecule has 0 radical (unpaired) electrons. The van der Waals surface area contributed by atoms with Gasteiger partial charge in [-0.3, -0.25) is 9.59 Å². The monoisotopic (exact) mass is 833 g/mol. The SMILES string of the molecule is O=c1c2ccccc2n(-c2cccc(-c3ccc(N(c4ccc(-c5cccc(-n6c7ccccc7c(=O)c7ccccc76)c5)cc4)c4cccc5ccccc45)cc3)c2)c2ccccc12. The molecule has 0 fully saturated rings. The van der Waals surface area contributed by atoms with E-state index in [0.29, 0.717) is 21.5 Å². The Bertz CT molecular complexity index is 3600. The Morgan fingerprint density at radius 1 is 0.292 bits per heavy atom. The summed E-state index contributed by atoms with van der Waals surface area (Å²) < 4.78 is 4.39. The number of para-hydroxylation sites is 4. The highest BCUT2D eigenvalue weighted by molar-refractivity contribution is 6.00. The summed E-state index contributed by atoms with van der Waals surface area (Å²) in [7, 11) is 0. The van der Waals surface area contributed by atoms with Crippen molar-refractivity contribution in [3.05, 3.63) is 257 Å². The highest BCUT2D eigenvalue weighted by Gasteiger charge is 2.18. The number of aromatic nitrogens is 2. The van der Waals surface area contributed by atoms with Crippen LogP contribution in [0.25, 0.3) is 88.0 Å². The standard InChI is InChI=1S/C60H39N3O2/c64-59-50-21-3-7-25-55(50)62(56-26-8-4-22-51(56)59)47-18-11-16-43(38-47)40-30-34-45(35-31-40)61(54-29-13-15-42-14-1-2-20-49(42)54)46-36-32-41(33-37-46)44-17-12-19-48(39-44)63-57-27-9-5-23-52(57)60(65)53-24-6-10-28-58(53)63/h1-39H. The molecule has 0 atom stereocenters. The van der Waals surface area contributed by atoms with Crippen molar-refractivity contribution >= 4 is 71.4 Å². The second kappa shape index (κ2) is 15.5. The zero-order chi connectivity index (χ0) is 43.4. The topological polar surface area (TPSA) is 47.2 Å². The van der Waals surface area contributed by atoms with E-state index in [9.17, 15) is 9.59 Å². The molecular formula is C60H39N3O2. The lowest BCUT2D eigenvalue weighted by molar-refractivity contribution is 1.16. The van der Waals surface area contributed by atoms with Gasteiger partial charge in [0.15, 0.2) is 10.9 Å². The van der Waals surface area contributed by atoms with Gasteiger partial charge in [-0.2, -0.15) is 0 Å². The average molecular weight is 834 g/mol. The Hall–Kier alpha value is -8.80. The quantitative estimate of drug-likeness (QED) is 0.150. The third kappa shape index (κ3) is 6.40. The highest BCUT2D eigenvalue weighted by atomic mass is 16.1. The molecule has 0 saturated carbocycles. The molecule has 0 amide bonds. The predicted octanol–water partition coefficient (Wildman–Crippen LogP) is 14.6.